The van der Waals surface area contributed by atoms with E-state index < -0.39 is 5.60 Å². The van der Waals surface area contributed by atoms with Crippen LogP contribution in [0.1, 0.15) is 58.4 Å². The molecule has 1 aromatic rings. The fourth-order valence-electron chi connectivity index (χ4n) is 3.07. The predicted molar refractivity (Wildman–Crippen MR) is 100 cm³/mol. The molecule has 1 unspecified atom stereocenters. The summed E-state index contributed by atoms with van der Waals surface area (Å²) in [7, 11) is 0. The first-order chi connectivity index (χ1) is 11.3. The number of hydrogen-bond donors (Lipinski definition) is 1. The SMILES string of the molecule is CC(C)C(NCC1CCN(C(=O)OC(C)(C)C)CC1)c1cccs1. The topological polar surface area (TPSA) is 41.6 Å². The van der Waals surface area contributed by atoms with E-state index >= 15 is 0 Å². The van der Waals surface area contributed by atoms with Gasteiger partial charge in [0.05, 0.1) is 0 Å². The van der Waals surface area contributed by atoms with Gasteiger partial charge in [-0.3, -0.25) is 0 Å². The molecule has 0 radical (unpaired) electrons. The summed E-state index contributed by atoms with van der Waals surface area (Å²) < 4.78 is 5.46. The second kappa shape index (κ2) is 8.34. The van der Waals surface area contributed by atoms with Crippen LogP contribution in [0, 0.1) is 11.8 Å². The summed E-state index contributed by atoms with van der Waals surface area (Å²) in [6.07, 6.45) is 1.91. The highest BCUT2D eigenvalue weighted by molar-refractivity contribution is 7.10. The van der Waals surface area contributed by atoms with Gasteiger partial charge < -0.3 is 15.0 Å². The summed E-state index contributed by atoms with van der Waals surface area (Å²) in [6, 6.07) is 4.76. The molecule has 1 saturated heterocycles. The third-order valence-electron chi connectivity index (χ3n) is 4.41. The molecule has 0 aliphatic carbocycles. The average molecular weight is 353 g/mol. The van der Waals surface area contributed by atoms with Gasteiger partial charge in [-0.05, 0) is 63.4 Å². The van der Waals surface area contributed by atoms with E-state index in [4.69, 9.17) is 4.74 Å². The minimum absolute atomic E-state index is 0.174. The molecule has 0 spiro atoms. The molecule has 1 N–H and O–H groups in total. The van der Waals surface area contributed by atoms with Gasteiger partial charge in [-0.1, -0.05) is 19.9 Å². The van der Waals surface area contributed by atoms with Crippen molar-refractivity contribution < 1.29 is 9.53 Å². The zero-order chi connectivity index (χ0) is 17.7. The largest absolute Gasteiger partial charge is 0.444 e. The monoisotopic (exact) mass is 352 g/mol. The molecule has 1 aliphatic rings. The Labute approximate surface area is 150 Å². The van der Waals surface area contributed by atoms with E-state index in [1.165, 1.54) is 4.88 Å². The number of ether oxygens (including phenoxy) is 1. The first-order valence-electron chi connectivity index (χ1n) is 9.01. The van der Waals surface area contributed by atoms with Gasteiger partial charge in [0.25, 0.3) is 0 Å². The fourth-order valence-corrected chi connectivity index (χ4v) is 4.05. The highest BCUT2D eigenvalue weighted by Gasteiger charge is 2.27. The van der Waals surface area contributed by atoms with Gasteiger partial charge in [0.1, 0.15) is 5.60 Å². The molecule has 1 aromatic heterocycles. The first kappa shape index (κ1) is 19.3. The number of carbonyl (C=O) groups excluding carboxylic acids is 1. The zero-order valence-electron chi connectivity index (χ0n) is 15.7. The van der Waals surface area contributed by atoms with Crippen LogP contribution in [-0.4, -0.2) is 36.2 Å². The van der Waals surface area contributed by atoms with Crippen molar-refractivity contribution in [1.82, 2.24) is 10.2 Å². The first-order valence-corrected chi connectivity index (χ1v) is 9.89. The van der Waals surface area contributed by atoms with Crippen molar-refractivity contribution in [2.45, 2.75) is 59.1 Å². The Morgan fingerprint density at radius 1 is 1.38 bits per heavy atom. The van der Waals surface area contributed by atoms with Gasteiger partial charge in [0.15, 0.2) is 0 Å². The van der Waals surface area contributed by atoms with E-state index in [9.17, 15) is 4.79 Å². The van der Waals surface area contributed by atoms with Gasteiger partial charge in [-0.15, -0.1) is 11.3 Å². The number of carbonyl (C=O) groups is 1. The number of hydrogen-bond acceptors (Lipinski definition) is 4. The lowest BCUT2D eigenvalue weighted by Crippen LogP contribution is -2.43. The number of nitrogens with one attached hydrogen (secondary N) is 1. The van der Waals surface area contributed by atoms with Crippen molar-refractivity contribution in [1.29, 1.82) is 0 Å². The minimum Gasteiger partial charge on any atom is -0.444 e. The van der Waals surface area contributed by atoms with E-state index in [-0.39, 0.29) is 6.09 Å². The molecular weight excluding hydrogens is 320 g/mol. The Morgan fingerprint density at radius 3 is 2.54 bits per heavy atom. The Balaban J connectivity index is 1.77. The number of piperidine rings is 1. The Morgan fingerprint density at radius 2 is 2.04 bits per heavy atom. The van der Waals surface area contributed by atoms with Crippen molar-refractivity contribution in [3.8, 4) is 0 Å². The normalized spacial score (nSPS) is 18.0. The number of amides is 1. The van der Waals surface area contributed by atoms with Crippen LogP contribution in [0.4, 0.5) is 4.79 Å². The quantitative estimate of drug-likeness (QED) is 0.836. The summed E-state index contributed by atoms with van der Waals surface area (Å²) in [5, 5.41) is 5.89. The van der Waals surface area contributed by atoms with Crippen molar-refractivity contribution in [2.75, 3.05) is 19.6 Å². The van der Waals surface area contributed by atoms with Crippen LogP contribution in [0.3, 0.4) is 0 Å². The lowest BCUT2D eigenvalue weighted by Gasteiger charge is -2.34. The predicted octanol–water partition coefficient (Wildman–Crippen LogP) is 4.68. The van der Waals surface area contributed by atoms with Crippen molar-refractivity contribution in [3.05, 3.63) is 22.4 Å². The van der Waals surface area contributed by atoms with Gasteiger partial charge in [-0.2, -0.15) is 0 Å². The molecule has 4 nitrogen and oxygen atoms in total. The van der Waals surface area contributed by atoms with Crippen LogP contribution in [0.5, 0.6) is 0 Å². The highest BCUT2D eigenvalue weighted by atomic mass is 32.1. The maximum absolute atomic E-state index is 12.1. The smallest absolute Gasteiger partial charge is 0.410 e. The fraction of sp³-hybridized carbons (Fsp3) is 0.737. The number of likely N-dealkylation sites (tertiary alicyclic amines) is 1. The van der Waals surface area contributed by atoms with E-state index in [0.717, 1.165) is 32.5 Å². The van der Waals surface area contributed by atoms with E-state index in [1.54, 1.807) is 0 Å². The molecule has 1 fully saturated rings. The summed E-state index contributed by atoms with van der Waals surface area (Å²) in [6.45, 7) is 12.9. The van der Waals surface area contributed by atoms with Gasteiger partial charge in [0, 0.05) is 24.0 Å². The third kappa shape index (κ3) is 5.78. The molecule has 5 heteroatoms. The molecule has 0 aromatic carbocycles. The van der Waals surface area contributed by atoms with Crippen LogP contribution in [0.25, 0.3) is 0 Å². The maximum atomic E-state index is 12.1. The molecule has 2 rings (SSSR count). The molecule has 1 atom stereocenters. The van der Waals surface area contributed by atoms with Crippen LogP contribution in [0.15, 0.2) is 17.5 Å². The van der Waals surface area contributed by atoms with Gasteiger partial charge in [0.2, 0.25) is 0 Å². The molecule has 0 saturated carbocycles. The summed E-state index contributed by atoms with van der Waals surface area (Å²) >= 11 is 1.82. The lowest BCUT2D eigenvalue weighted by atomic mass is 9.95. The van der Waals surface area contributed by atoms with E-state index in [2.05, 4.69) is 36.7 Å². The average Bonchev–Trinajstić information content (AvgIpc) is 3.00. The molecule has 1 amide bonds. The molecular formula is C19H32N2O2S. The van der Waals surface area contributed by atoms with Crippen molar-refractivity contribution in [3.63, 3.8) is 0 Å². The second-order valence-electron chi connectivity index (χ2n) is 8.06. The summed E-state index contributed by atoms with van der Waals surface area (Å²) in [4.78, 5) is 15.4. The Kier molecular flexibility index (Phi) is 6.70. The van der Waals surface area contributed by atoms with Crippen LogP contribution >= 0.6 is 11.3 Å². The van der Waals surface area contributed by atoms with Crippen molar-refractivity contribution in [2.24, 2.45) is 11.8 Å². The molecule has 136 valence electrons. The van der Waals surface area contributed by atoms with Crippen LogP contribution < -0.4 is 5.32 Å². The van der Waals surface area contributed by atoms with Gasteiger partial charge in [-0.25, -0.2) is 4.79 Å². The number of nitrogens with zero attached hydrogens (tertiary/aromatic N) is 1. The second-order valence-corrected chi connectivity index (χ2v) is 9.04. The van der Waals surface area contributed by atoms with E-state index in [1.807, 2.05) is 37.0 Å². The molecule has 1 aliphatic heterocycles. The Hall–Kier alpha value is -1.07. The van der Waals surface area contributed by atoms with Gasteiger partial charge >= 0.3 is 6.09 Å². The number of rotatable bonds is 5. The maximum Gasteiger partial charge on any atom is 0.410 e. The van der Waals surface area contributed by atoms with Crippen LogP contribution in [0.2, 0.25) is 0 Å². The third-order valence-corrected chi connectivity index (χ3v) is 5.36. The lowest BCUT2D eigenvalue weighted by molar-refractivity contribution is 0.0183. The number of thiophene rings is 1. The molecule has 0 bridgehead atoms. The van der Waals surface area contributed by atoms with E-state index in [0.29, 0.717) is 17.9 Å². The molecule has 24 heavy (non-hydrogen) atoms. The zero-order valence-corrected chi connectivity index (χ0v) is 16.5. The minimum atomic E-state index is -0.416. The standard InChI is InChI=1S/C19H32N2O2S/c1-14(2)17(16-7-6-12-24-16)20-13-15-8-10-21(11-9-15)18(22)23-19(3,4)5/h6-7,12,14-15,17,20H,8-11,13H2,1-5H3. The summed E-state index contributed by atoms with van der Waals surface area (Å²) in [5.74, 6) is 1.20. The molecule has 2 heterocycles. The summed E-state index contributed by atoms with van der Waals surface area (Å²) in [5.41, 5.74) is -0.416. The highest BCUT2D eigenvalue weighted by Crippen LogP contribution is 2.27. The van der Waals surface area contributed by atoms with Crippen molar-refractivity contribution >= 4 is 17.4 Å². The Bertz CT molecular complexity index is 500. The van der Waals surface area contributed by atoms with Crippen LogP contribution in [-0.2, 0) is 4.74 Å².